The Hall–Kier alpha value is -0.600. The van der Waals surface area contributed by atoms with Crippen molar-refractivity contribution in [3.05, 3.63) is 0 Å². The lowest BCUT2D eigenvalue weighted by atomic mass is 10.0. The molecule has 0 N–H and O–H groups in total. The molecule has 0 amide bonds. The van der Waals surface area contributed by atoms with Gasteiger partial charge in [-0.25, -0.2) is 4.39 Å². The lowest BCUT2D eigenvalue weighted by Gasteiger charge is -2.07. The zero-order valence-corrected chi connectivity index (χ0v) is 13.9. The summed E-state index contributed by atoms with van der Waals surface area (Å²) in [6.45, 7) is 2.24. The Morgan fingerprint density at radius 3 is 2.05 bits per heavy atom. The fraction of sp³-hybridized carbons (Fsp3) is 0.941. The second-order valence-corrected chi connectivity index (χ2v) is 5.94. The number of nitrogens with zero attached hydrogens (tertiary/aromatic N) is 2. The van der Waals surface area contributed by atoms with Gasteiger partial charge in [0.1, 0.15) is 6.17 Å². The van der Waals surface area contributed by atoms with Gasteiger partial charge in [0.2, 0.25) is 0 Å². The smallest absolute Gasteiger partial charge is 0.100 e. The molecule has 120 valence electrons. The Bertz CT molecular complexity index is 217. The van der Waals surface area contributed by atoms with Gasteiger partial charge in [-0.2, -0.15) is 5.10 Å². The molecule has 1 atom stereocenters. The first-order chi connectivity index (χ1) is 9.66. The summed E-state index contributed by atoms with van der Waals surface area (Å²) in [4.78, 5) is 0. The van der Waals surface area contributed by atoms with Crippen LogP contribution in [0.5, 0.6) is 0 Å². The molecule has 0 bridgehead atoms. The first kappa shape index (κ1) is 19.4. The van der Waals surface area contributed by atoms with E-state index in [9.17, 15) is 4.39 Å². The molecular weight excluding hydrogens is 251 g/mol. The Morgan fingerprint density at radius 2 is 1.45 bits per heavy atom. The minimum Gasteiger partial charge on any atom is -0.303 e. The van der Waals surface area contributed by atoms with E-state index in [2.05, 4.69) is 12.0 Å². The summed E-state index contributed by atoms with van der Waals surface area (Å²) >= 11 is 0. The van der Waals surface area contributed by atoms with E-state index >= 15 is 0 Å². The quantitative estimate of drug-likeness (QED) is 0.231. The summed E-state index contributed by atoms with van der Waals surface area (Å²) < 4.78 is 13.6. The molecule has 0 aromatic heterocycles. The van der Waals surface area contributed by atoms with Crippen molar-refractivity contribution >= 4 is 6.21 Å². The molecule has 2 nitrogen and oxygen atoms in total. The molecule has 0 fully saturated rings. The van der Waals surface area contributed by atoms with Crippen LogP contribution in [0.4, 0.5) is 4.39 Å². The van der Waals surface area contributed by atoms with Crippen LogP contribution in [0.1, 0.15) is 84.0 Å². The molecule has 0 unspecified atom stereocenters. The van der Waals surface area contributed by atoms with Crippen LogP contribution in [-0.4, -0.2) is 31.5 Å². The van der Waals surface area contributed by atoms with E-state index in [0.717, 1.165) is 25.7 Å². The minimum atomic E-state index is -0.608. The van der Waals surface area contributed by atoms with E-state index < -0.39 is 6.17 Å². The summed E-state index contributed by atoms with van der Waals surface area (Å²) in [5, 5.41) is 5.90. The minimum absolute atomic E-state index is 0.608. The highest BCUT2D eigenvalue weighted by atomic mass is 19.1. The predicted molar refractivity (Wildman–Crippen MR) is 88.2 cm³/mol. The first-order valence-corrected chi connectivity index (χ1v) is 8.50. The van der Waals surface area contributed by atoms with Crippen LogP contribution < -0.4 is 0 Å². The molecule has 0 rings (SSSR count). The molecule has 0 aromatic rings. The van der Waals surface area contributed by atoms with E-state index in [1.165, 1.54) is 44.9 Å². The van der Waals surface area contributed by atoms with E-state index in [-0.39, 0.29) is 0 Å². The van der Waals surface area contributed by atoms with Crippen molar-refractivity contribution in [2.75, 3.05) is 14.1 Å². The molecule has 0 aliphatic rings. The molecule has 0 radical (unpaired) electrons. The second kappa shape index (κ2) is 14.8. The number of rotatable bonds is 14. The van der Waals surface area contributed by atoms with Crippen molar-refractivity contribution in [1.82, 2.24) is 5.01 Å². The summed E-state index contributed by atoms with van der Waals surface area (Å²) in [5.41, 5.74) is 0. The van der Waals surface area contributed by atoms with Gasteiger partial charge in [-0.15, -0.1) is 0 Å². The third-order valence-electron chi connectivity index (χ3n) is 3.53. The maximum atomic E-state index is 13.6. The average molecular weight is 286 g/mol. The zero-order valence-electron chi connectivity index (χ0n) is 13.9. The largest absolute Gasteiger partial charge is 0.303 e. The molecule has 0 heterocycles. The van der Waals surface area contributed by atoms with Crippen LogP contribution in [0, 0.1) is 0 Å². The summed E-state index contributed by atoms with van der Waals surface area (Å²) in [7, 11) is 3.80. The van der Waals surface area contributed by atoms with Gasteiger partial charge in [0.25, 0.3) is 0 Å². The maximum Gasteiger partial charge on any atom is 0.100 e. The fourth-order valence-electron chi connectivity index (χ4n) is 2.30. The normalized spacial score (nSPS) is 13.0. The van der Waals surface area contributed by atoms with Crippen molar-refractivity contribution in [2.24, 2.45) is 5.10 Å². The van der Waals surface area contributed by atoms with Crippen LogP contribution in [-0.2, 0) is 0 Å². The third-order valence-corrected chi connectivity index (χ3v) is 3.53. The van der Waals surface area contributed by atoms with Crippen molar-refractivity contribution in [3.8, 4) is 0 Å². The second-order valence-electron chi connectivity index (χ2n) is 5.94. The topological polar surface area (TPSA) is 15.6 Å². The Labute approximate surface area is 125 Å². The van der Waals surface area contributed by atoms with Crippen LogP contribution in [0.3, 0.4) is 0 Å². The average Bonchev–Trinajstić information content (AvgIpc) is 2.41. The highest BCUT2D eigenvalue weighted by Crippen LogP contribution is 2.14. The van der Waals surface area contributed by atoms with Gasteiger partial charge in [0, 0.05) is 20.3 Å². The van der Waals surface area contributed by atoms with E-state index in [1.807, 2.05) is 20.3 Å². The van der Waals surface area contributed by atoms with Crippen LogP contribution >= 0.6 is 0 Å². The fourth-order valence-corrected chi connectivity index (χ4v) is 2.30. The van der Waals surface area contributed by atoms with Gasteiger partial charge in [-0.3, -0.25) is 0 Å². The van der Waals surface area contributed by atoms with Gasteiger partial charge >= 0.3 is 0 Å². The Morgan fingerprint density at radius 1 is 0.900 bits per heavy atom. The molecule has 0 aromatic carbocycles. The first-order valence-electron chi connectivity index (χ1n) is 8.50. The molecular formula is C17H35FN2. The standard InChI is InChI=1S/C17H35FN2/c1-4-5-6-7-8-9-10-11-14-17(18)15-12-13-16-19-20(2)3/h16-17H,4-15H2,1-3H3/b19-16+/t17-/m0/s1. The van der Waals surface area contributed by atoms with Crippen molar-refractivity contribution in [1.29, 1.82) is 0 Å². The molecule has 3 heteroatoms. The summed E-state index contributed by atoms with van der Waals surface area (Å²) in [6, 6.07) is 0. The molecule has 0 saturated carbocycles. The van der Waals surface area contributed by atoms with Crippen molar-refractivity contribution in [2.45, 2.75) is 90.1 Å². The Kier molecular flexibility index (Phi) is 14.4. The molecule has 0 aliphatic carbocycles. The predicted octanol–water partition coefficient (Wildman–Crippen LogP) is 5.57. The van der Waals surface area contributed by atoms with Gasteiger partial charge in [0.05, 0.1) is 0 Å². The van der Waals surface area contributed by atoms with E-state index in [0.29, 0.717) is 6.42 Å². The van der Waals surface area contributed by atoms with Crippen molar-refractivity contribution < 1.29 is 4.39 Å². The third kappa shape index (κ3) is 15.5. The van der Waals surface area contributed by atoms with Gasteiger partial charge < -0.3 is 5.01 Å². The SMILES string of the molecule is CCCCCCCCCC[C@H](F)CCC/C=N/N(C)C. The highest BCUT2D eigenvalue weighted by Gasteiger charge is 2.05. The highest BCUT2D eigenvalue weighted by molar-refractivity contribution is 5.56. The molecule has 0 aliphatic heterocycles. The molecule has 0 spiro atoms. The monoisotopic (exact) mass is 286 g/mol. The lowest BCUT2D eigenvalue weighted by molar-refractivity contribution is 0.283. The van der Waals surface area contributed by atoms with Crippen molar-refractivity contribution in [3.63, 3.8) is 0 Å². The van der Waals surface area contributed by atoms with Gasteiger partial charge in [-0.1, -0.05) is 58.3 Å². The van der Waals surface area contributed by atoms with E-state index in [1.54, 1.807) is 5.01 Å². The van der Waals surface area contributed by atoms with Gasteiger partial charge in [0.15, 0.2) is 0 Å². The molecule has 0 saturated heterocycles. The number of halogens is 1. The number of hydrazone groups is 1. The lowest BCUT2D eigenvalue weighted by Crippen LogP contribution is -2.03. The number of hydrogen-bond donors (Lipinski definition) is 0. The van der Waals surface area contributed by atoms with Crippen LogP contribution in [0.15, 0.2) is 5.10 Å². The van der Waals surface area contributed by atoms with Crippen LogP contribution in [0.2, 0.25) is 0 Å². The van der Waals surface area contributed by atoms with E-state index in [4.69, 9.17) is 0 Å². The maximum absolute atomic E-state index is 13.6. The number of unbranched alkanes of at least 4 members (excludes halogenated alkanes) is 8. The molecule has 20 heavy (non-hydrogen) atoms. The number of hydrogen-bond acceptors (Lipinski definition) is 2. The van der Waals surface area contributed by atoms with Crippen LogP contribution in [0.25, 0.3) is 0 Å². The number of alkyl halides is 1. The Balaban J connectivity index is 3.22. The summed E-state index contributed by atoms with van der Waals surface area (Å²) in [6.07, 6.45) is 14.8. The zero-order chi connectivity index (χ0) is 15.1. The summed E-state index contributed by atoms with van der Waals surface area (Å²) in [5.74, 6) is 0. The van der Waals surface area contributed by atoms with Gasteiger partial charge in [-0.05, 0) is 25.7 Å².